The van der Waals surface area contributed by atoms with Crippen molar-refractivity contribution < 1.29 is 0 Å². The summed E-state index contributed by atoms with van der Waals surface area (Å²) in [4.78, 5) is 20.2. The standard InChI is InChI=1S/C14H14N2OS/c1-18-11-6-4-10(5-7-11)14-15-12(9-2-3-9)8-13(17)16-14/h4-9H,2-3H2,1H3,(H,15,16,17). The summed E-state index contributed by atoms with van der Waals surface area (Å²) in [7, 11) is 0. The summed E-state index contributed by atoms with van der Waals surface area (Å²) in [5.41, 5.74) is 1.84. The molecule has 1 fully saturated rings. The van der Waals surface area contributed by atoms with E-state index in [1.807, 2.05) is 30.5 Å². The van der Waals surface area contributed by atoms with E-state index in [1.165, 1.54) is 4.90 Å². The first-order valence-corrected chi connectivity index (χ1v) is 7.24. The van der Waals surface area contributed by atoms with Crippen molar-refractivity contribution >= 4 is 11.8 Å². The van der Waals surface area contributed by atoms with Gasteiger partial charge in [-0.15, -0.1) is 11.8 Å². The van der Waals surface area contributed by atoms with Crippen LogP contribution in [0.1, 0.15) is 24.5 Å². The second-order valence-electron chi connectivity index (χ2n) is 4.52. The number of aromatic amines is 1. The van der Waals surface area contributed by atoms with E-state index in [-0.39, 0.29) is 5.56 Å². The molecule has 0 radical (unpaired) electrons. The molecule has 92 valence electrons. The Morgan fingerprint density at radius 2 is 2.00 bits per heavy atom. The Hall–Kier alpha value is -1.55. The summed E-state index contributed by atoms with van der Waals surface area (Å²) < 4.78 is 0. The van der Waals surface area contributed by atoms with Crippen molar-refractivity contribution in [3.05, 3.63) is 46.4 Å². The van der Waals surface area contributed by atoms with E-state index in [2.05, 4.69) is 9.97 Å². The fourth-order valence-electron chi connectivity index (χ4n) is 1.95. The van der Waals surface area contributed by atoms with Gasteiger partial charge in [-0.3, -0.25) is 4.79 Å². The van der Waals surface area contributed by atoms with Crippen LogP contribution in [0.5, 0.6) is 0 Å². The van der Waals surface area contributed by atoms with Crippen LogP contribution >= 0.6 is 11.8 Å². The lowest BCUT2D eigenvalue weighted by Crippen LogP contribution is -2.09. The van der Waals surface area contributed by atoms with Gasteiger partial charge < -0.3 is 4.98 Å². The number of aromatic nitrogens is 2. The number of hydrogen-bond acceptors (Lipinski definition) is 3. The number of H-pyrrole nitrogens is 1. The van der Waals surface area contributed by atoms with Crippen LogP contribution in [0.2, 0.25) is 0 Å². The van der Waals surface area contributed by atoms with E-state index in [1.54, 1.807) is 17.8 Å². The minimum absolute atomic E-state index is 0.0594. The molecule has 1 heterocycles. The highest BCUT2D eigenvalue weighted by Gasteiger charge is 2.25. The smallest absolute Gasteiger partial charge is 0.251 e. The lowest BCUT2D eigenvalue weighted by Gasteiger charge is -2.04. The molecule has 1 aromatic carbocycles. The van der Waals surface area contributed by atoms with E-state index in [0.29, 0.717) is 11.7 Å². The van der Waals surface area contributed by atoms with E-state index < -0.39 is 0 Å². The zero-order chi connectivity index (χ0) is 12.5. The first-order valence-electron chi connectivity index (χ1n) is 6.02. The van der Waals surface area contributed by atoms with Gasteiger partial charge in [0.1, 0.15) is 5.82 Å². The maximum atomic E-state index is 11.6. The molecule has 0 aliphatic heterocycles. The Kier molecular flexibility index (Phi) is 2.96. The highest BCUT2D eigenvalue weighted by Crippen LogP contribution is 2.38. The summed E-state index contributed by atoms with van der Waals surface area (Å²) in [5.74, 6) is 1.17. The lowest BCUT2D eigenvalue weighted by molar-refractivity contribution is 0.976. The number of benzene rings is 1. The van der Waals surface area contributed by atoms with Gasteiger partial charge in [0.05, 0.1) is 5.69 Å². The van der Waals surface area contributed by atoms with Crippen LogP contribution in [0.3, 0.4) is 0 Å². The molecule has 1 saturated carbocycles. The molecule has 3 nitrogen and oxygen atoms in total. The summed E-state index contributed by atoms with van der Waals surface area (Å²) >= 11 is 1.70. The van der Waals surface area contributed by atoms with E-state index in [4.69, 9.17) is 0 Å². The van der Waals surface area contributed by atoms with Crippen LogP contribution in [-0.2, 0) is 0 Å². The number of hydrogen-bond donors (Lipinski definition) is 1. The zero-order valence-electron chi connectivity index (χ0n) is 10.1. The molecule has 2 aromatic rings. The maximum Gasteiger partial charge on any atom is 0.251 e. The quantitative estimate of drug-likeness (QED) is 0.861. The predicted octanol–water partition coefficient (Wildman–Crippen LogP) is 3.04. The molecular weight excluding hydrogens is 244 g/mol. The first kappa shape index (κ1) is 11.5. The van der Waals surface area contributed by atoms with E-state index in [9.17, 15) is 4.79 Å². The van der Waals surface area contributed by atoms with Gasteiger partial charge in [-0.1, -0.05) is 12.1 Å². The molecule has 0 amide bonds. The van der Waals surface area contributed by atoms with Gasteiger partial charge in [0.25, 0.3) is 5.56 Å². The lowest BCUT2D eigenvalue weighted by atomic mass is 10.2. The third-order valence-electron chi connectivity index (χ3n) is 3.12. The normalized spacial score (nSPS) is 14.7. The number of thioether (sulfide) groups is 1. The number of nitrogens with one attached hydrogen (secondary N) is 1. The summed E-state index contributed by atoms with van der Waals surface area (Å²) in [6, 6.07) is 9.71. The van der Waals surface area contributed by atoms with E-state index in [0.717, 1.165) is 24.1 Å². The Balaban J connectivity index is 2.01. The molecule has 0 saturated heterocycles. The molecule has 18 heavy (non-hydrogen) atoms. The molecule has 0 unspecified atom stereocenters. The SMILES string of the molecule is CSc1ccc(-c2nc(C3CC3)cc(=O)[nH]2)cc1. The second kappa shape index (κ2) is 4.61. The van der Waals surface area contributed by atoms with Crippen LogP contribution in [-0.4, -0.2) is 16.2 Å². The van der Waals surface area contributed by atoms with Gasteiger partial charge in [-0.05, 0) is 31.2 Å². The van der Waals surface area contributed by atoms with Crippen molar-refractivity contribution in [2.24, 2.45) is 0 Å². The minimum Gasteiger partial charge on any atom is -0.307 e. The van der Waals surface area contributed by atoms with Crippen molar-refractivity contribution in [1.29, 1.82) is 0 Å². The molecule has 1 aromatic heterocycles. The Labute approximate surface area is 110 Å². The van der Waals surface area contributed by atoms with Crippen LogP contribution in [0.15, 0.2) is 40.0 Å². The zero-order valence-corrected chi connectivity index (χ0v) is 11.0. The van der Waals surface area contributed by atoms with Crippen molar-refractivity contribution in [3.63, 3.8) is 0 Å². The largest absolute Gasteiger partial charge is 0.307 e. The molecule has 1 aliphatic carbocycles. The van der Waals surface area contributed by atoms with Crippen LogP contribution in [0.25, 0.3) is 11.4 Å². The molecule has 4 heteroatoms. The van der Waals surface area contributed by atoms with Gasteiger partial charge in [0.15, 0.2) is 0 Å². The van der Waals surface area contributed by atoms with Crippen LogP contribution in [0.4, 0.5) is 0 Å². The van der Waals surface area contributed by atoms with Gasteiger partial charge in [0.2, 0.25) is 0 Å². The highest BCUT2D eigenvalue weighted by molar-refractivity contribution is 7.98. The molecule has 0 atom stereocenters. The van der Waals surface area contributed by atoms with Gasteiger partial charge >= 0.3 is 0 Å². The Morgan fingerprint density at radius 3 is 2.61 bits per heavy atom. The molecule has 0 bridgehead atoms. The fourth-order valence-corrected chi connectivity index (χ4v) is 2.36. The van der Waals surface area contributed by atoms with Gasteiger partial charge in [0, 0.05) is 22.4 Å². The molecule has 1 aliphatic rings. The van der Waals surface area contributed by atoms with Crippen LogP contribution in [0, 0.1) is 0 Å². The molecule has 1 N–H and O–H groups in total. The monoisotopic (exact) mass is 258 g/mol. The second-order valence-corrected chi connectivity index (χ2v) is 5.40. The maximum absolute atomic E-state index is 11.6. The van der Waals surface area contributed by atoms with Crippen LogP contribution < -0.4 is 5.56 Å². The molecule has 0 spiro atoms. The highest BCUT2D eigenvalue weighted by atomic mass is 32.2. The molecule has 3 rings (SSSR count). The van der Waals surface area contributed by atoms with Crippen molar-refractivity contribution in [3.8, 4) is 11.4 Å². The summed E-state index contributed by atoms with van der Waals surface area (Å²) in [6.07, 6.45) is 4.35. The van der Waals surface area contributed by atoms with Gasteiger partial charge in [-0.2, -0.15) is 0 Å². The number of nitrogens with zero attached hydrogens (tertiary/aromatic N) is 1. The third-order valence-corrected chi connectivity index (χ3v) is 3.86. The third kappa shape index (κ3) is 2.34. The summed E-state index contributed by atoms with van der Waals surface area (Å²) in [5, 5.41) is 0. The Morgan fingerprint density at radius 1 is 1.28 bits per heavy atom. The molecular formula is C14H14N2OS. The average molecular weight is 258 g/mol. The first-order chi connectivity index (χ1) is 8.76. The van der Waals surface area contributed by atoms with Crippen molar-refractivity contribution in [2.45, 2.75) is 23.7 Å². The fraction of sp³-hybridized carbons (Fsp3) is 0.286. The average Bonchev–Trinajstić information content (AvgIpc) is 3.22. The van der Waals surface area contributed by atoms with Gasteiger partial charge in [-0.25, -0.2) is 4.98 Å². The predicted molar refractivity (Wildman–Crippen MR) is 74.0 cm³/mol. The summed E-state index contributed by atoms with van der Waals surface area (Å²) in [6.45, 7) is 0. The Bertz CT molecular complexity index is 614. The van der Waals surface area contributed by atoms with Crippen molar-refractivity contribution in [1.82, 2.24) is 9.97 Å². The topological polar surface area (TPSA) is 45.8 Å². The van der Waals surface area contributed by atoms with Crippen molar-refractivity contribution in [2.75, 3.05) is 6.26 Å². The minimum atomic E-state index is -0.0594. The number of rotatable bonds is 3. The van der Waals surface area contributed by atoms with E-state index >= 15 is 0 Å².